The van der Waals surface area contributed by atoms with Crippen molar-refractivity contribution in [3.05, 3.63) is 89.5 Å². The standard InChI is InChI=1S/C21H21O4P.C2H5O/c1-16-4-10-19(11-5-16)23-26(22,24-20-12-6-17(2)7-13-20)25-21-14-8-18(3)9-15-21;1-2-3/h4-15H,1-3H3;2H2,1H3. The maximum Gasteiger partial charge on any atom is 0.647 e. The third kappa shape index (κ3) is 7.65. The van der Waals surface area contributed by atoms with Crippen molar-refractivity contribution in [2.24, 2.45) is 0 Å². The highest BCUT2D eigenvalue weighted by molar-refractivity contribution is 7.49. The molecule has 0 fully saturated rings. The molecule has 0 unspecified atom stereocenters. The fraction of sp³-hybridized carbons (Fsp3) is 0.217. The summed E-state index contributed by atoms with van der Waals surface area (Å²) in [4.78, 5) is 0. The number of hydrogen-bond donors (Lipinski definition) is 0. The highest BCUT2D eigenvalue weighted by Gasteiger charge is 2.33. The number of phosphoric acid groups is 1. The minimum Gasteiger partial charge on any atom is -0.386 e. The Morgan fingerprint density at radius 3 is 1.00 bits per heavy atom. The second kappa shape index (κ2) is 10.7. The molecule has 0 spiro atoms. The van der Waals surface area contributed by atoms with Gasteiger partial charge in [0.2, 0.25) is 0 Å². The van der Waals surface area contributed by atoms with Gasteiger partial charge in [-0.25, -0.2) is 5.11 Å². The lowest BCUT2D eigenvalue weighted by Gasteiger charge is -2.19. The van der Waals surface area contributed by atoms with Crippen LogP contribution >= 0.6 is 7.82 Å². The van der Waals surface area contributed by atoms with Crippen molar-refractivity contribution in [1.82, 2.24) is 0 Å². The van der Waals surface area contributed by atoms with E-state index in [0.717, 1.165) is 16.7 Å². The average molecular weight is 413 g/mol. The van der Waals surface area contributed by atoms with E-state index in [1.54, 1.807) is 43.3 Å². The van der Waals surface area contributed by atoms with Crippen LogP contribution in [-0.2, 0) is 9.67 Å². The predicted molar refractivity (Wildman–Crippen MR) is 114 cm³/mol. The van der Waals surface area contributed by atoms with Gasteiger partial charge in [-0.2, -0.15) is 4.57 Å². The molecule has 0 atom stereocenters. The van der Waals surface area contributed by atoms with Gasteiger partial charge in [-0.15, -0.1) is 0 Å². The third-order valence-corrected chi connectivity index (χ3v) is 5.02. The second-order valence-corrected chi connectivity index (χ2v) is 7.89. The molecule has 3 aromatic carbocycles. The molecule has 0 saturated carbocycles. The molecule has 153 valence electrons. The number of rotatable bonds is 6. The average Bonchev–Trinajstić information content (AvgIpc) is 2.68. The van der Waals surface area contributed by atoms with Gasteiger partial charge in [0.05, 0.1) is 6.61 Å². The smallest absolute Gasteiger partial charge is 0.386 e. The Bertz CT molecular complexity index is 797. The van der Waals surface area contributed by atoms with Gasteiger partial charge in [-0.1, -0.05) is 53.1 Å². The van der Waals surface area contributed by atoms with Crippen molar-refractivity contribution in [3.63, 3.8) is 0 Å². The van der Waals surface area contributed by atoms with Crippen molar-refractivity contribution in [3.8, 4) is 17.2 Å². The number of aryl methyl sites for hydroxylation is 3. The molecule has 0 aliphatic heterocycles. The first kappa shape index (κ1) is 22.5. The summed E-state index contributed by atoms with van der Waals surface area (Å²) in [6.07, 6.45) is 0. The summed E-state index contributed by atoms with van der Waals surface area (Å²) in [7, 11) is -3.93. The lowest BCUT2D eigenvalue weighted by atomic mass is 10.2. The zero-order valence-corrected chi connectivity index (χ0v) is 18.0. The van der Waals surface area contributed by atoms with Crippen LogP contribution in [0, 0.1) is 20.8 Å². The highest BCUT2D eigenvalue weighted by atomic mass is 31.2. The first-order valence-corrected chi connectivity index (χ1v) is 10.8. The van der Waals surface area contributed by atoms with Crippen LogP contribution in [0.4, 0.5) is 0 Å². The Labute approximate surface area is 172 Å². The monoisotopic (exact) mass is 413 g/mol. The van der Waals surface area contributed by atoms with Crippen LogP contribution in [0.1, 0.15) is 23.6 Å². The van der Waals surface area contributed by atoms with Crippen molar-refractivity contribution in [2.45, 2.75) is 27.7 Å². The molecule has 0 aliphatic rings. The summed E-state index contributed by atoms with van der Waals surface area (Å²) in [6, 6.07) is 21.6. The van der Waals surface area contributed by atoms with Gasteiger partial charge < -0.3 is 13.6 Å². The molecule has 0 amide bonds. The summed E-state index contributed by atoms with van der Waals surface area (Å²) in [5.41, 5.74) is 3.23. The summed E-state index contributed by atoms with van der Waals surface area (Å²) < 4.78 is 30.2. The molecule has 5 nitrogen and oxygen atoms in total. The van der Waals surface area contributed by atoms with E-state index >= 15 is 0 Å². The van der Waals surface area contributed by atoms with E-state index in [4.69, 9.17) is 18.7 Å². The maximum absolute atomic E-state index is 13.3. The van der Waals surface area contributed by atoms with Gasteiger partial charge in [0, 0.05) is 0 Å². The molecule has 0 heterocycles. The van der Waals surface area contributed by atoms with E-state index in [1.165, 1.54) is 0 Å². The minimum absolute atomic E-state index is 0. The lowest BCUT2D eigenvalue weighted by Crippen LogP contribution is -2.07. The Kier molecular flexibility index (Phi) is 8.32. The minimum atomic E-state index is -3.93. The van der Waals surface area contributed by atoms with E-state index in [1.807, 2.05) is 57.2 Å². The first-order valence-electron chi connectivity index (χ1n) is 9.30. The van der Waals surface area contributed by atoms with Crippen LogP contribution in [0.3, 0.4) is 0 Å². The summed E-state index contributed by atoms with van der Waals surface area (Å²) in [5.74, 6) is 1.24. The maximum atomic E-state index is 13.3. The topological polar surface area (TPSA) is 64.7 Å². The predicted octanol–water partition coefficient (Wildman–Crippen LogP) is 6.69. The van der Waals surface area contributed by atoms with Gasteiger partial charge in [-0.05, 0) is 64.1 Å². The van der Waals surface area contributed by atoms with Gasteiger partial charge in [0.15, 0.2) is 0 Å². The summed E-state index contributed by atoms with van der Waals surface area (Å²) >= 11 is 0. The van der Waals surface area contributed by atoms with E-state index in [0.29, 0.717) is 17.2 Å². The molecule has 6 heteroatoms. The fourth-order valence-electron chi connectivity index (χ4n) is 2.24. The van der Waals surface area contributed by atoms with Gasteiger partial charge in [0.1, 0.15) is 17.2 Å². The van der Waals surface area contributed by atoms with Crippen LogP contribution < -0.4 is 13.6 Å². The normalized spacial score (nSPS) is 10.5. The van der Waals surface area contributed by atoms with E-state index < -0.39 is 7.82 Å². The van der Waals surface area contributed by atoms with E-state index in [2.05, 4.69) is 0 Å². The largest absolute Gasteiger partial charge is 0.647 e. The zero-order valence-electron chi connectivity index (χ0n) is 17.1. The molecular formula is C23H26O5P. The van der Waals surface area contributed by atoms with Crippen LogP contribution in [-0.4, -0.2) is 6.61 Å². The van der Waals surface area contributed by atoms with E-state index in [9.17, 15) is 4.57 Å². The summed E-state index contributed by atoms with van der Waals surface area (Å²) in [5, 5.41) is 8.93. The number of phosphoric ester groups is 1. The van der Waals surface area contributed by atoms with Crippen molar-refractivity contribution >= 4 is 7.82 Å². The molecule has 29 heavy (non-hydrogen) atoms. The summed E-state index contributed by atoms with van der Waals surface area (Å²) in [6.45, 7) is 7.47. The molecule has 0 N–H and O–H groups in total. The lowest BCUT2D eigenvalue weighted by molar-refractivity contribution is 0.212. The molecular weight excluding hydrogens is 387 g/mol. The van der Waals surface area contributed by atoms with E-state index in [-0.39, 0.29) is 6.61 Å². The molecule has 3 rings (SSSR count). The number of hydrogen-bond acceptors (Lipinski definition) is 4. The molecule has 3 aromatic rings. The first-order chi connectivity index (χ1) is 13.8. The highest BCUT2D eigenvalue weighted by Crippen LogP contribution is 2.49. The van der Waals surface area contributed by atoms with Gasteiger partial charge in [0.25, 0.3) is 0 Å². The van der Waals surface area contributed by atoms with Crippen LogP contribution in [0.5, 0.6) is 17.2 Å². The molecule has 0 aliphatic carbocycles. The second-order valence-electron chi connectivity index (χ2n) is 6.45. The SMILES string of the molecule is CC[O].Cc1ccc(OP(=O)(Oc2ccc(C)cc2)Oc2ccc(C)cc2)cc1. The van der Waals surface area contributed by atoms with Gasteiger partial charge >= 0.3 is 7.82 Å². The van der Waals surface area contributed by atoms with Crippen molar-refractivity contribution in [2.75, 3.05) is 6.61 Å². The molecule has 0 saturated heterocycles. The molecule has 1 radical (unpaired) electrons. The Hall–Kier alpha value is -2.75. The van der Waals surface area contributed by atoms with Crippen molar-refractivity contribution in [1.29, 1.82) is 0 Å². The van der Waals surface area contributed by atoms with Crippen LogP contribution in [0.25, 0.3) is 0 Å². The van der Waals surface area contributed by atoms with Crippen molar-refractivity contribution < 1.29 is 23.2 Å². The fourth-order valence-corrected chi connectivity index (χ4v) is 3.49. The third-order valence-electron chi connectivity index (χ3n) is 3.71. The Morgan fingerprint density at radius 1 is 0.586 bits per heavy atom. The van der Waals surface area contributed by atoms with Gasteiger partial charge in [-0.3, -0.25) is 0 Å². The molecule has 0 aromatic heterocycles. The van der Waals surface area contributed by atoms with Crippen LogP contribution in [0.15, 0.2) is 72.8 Å². The van der Waals surface area contributed by atoms with Crippen LogP contribution in [0.2, 0.25) is 0 Å². The zero-order chi connectivity index (χ0) is 21.3. The number of benzene rings is 3. The Morgan fingerprint density at radius 2 is 0.793 bits per heavy atom. The molecule has 0 bridgehead atoms. The quantitative estimate of drug-likeness (QED) is 0.422. The Balaban J connectivity index is 0.000000941.